The Morgan fingerprint density at radius 1 is 1.17 bits per heavy atom. The summed E-state index contributed by atoms with van der Waals surface area (Å²) in [5, 5.41) is 29.4. The lowest BCUT2D eigenvalue weighted by Gasteiger charge is -2.10. The van der Waals surface area contributed by atoms with Crippen LogP contribution in [-0.2, 0) is 0 Å². The molecule has 0 fully saturated rings. The van der Waals surface area contributed by atoms with E-state index in [4.69, 9.17) is 4.74 Å². The Kier molecular flexibility index (Phi) is 6.69. The van der Waals surface area contributed by atoms with Crippen LogP contribution in [-0.4, -0.2) is 21.7 Å². The van der Waals surface area contributed by atoms with Crippen LogP contribution >= 0.6 is 0 Å². The molecule has 132 valence electrons. The first-order valence-electron chi connectivity index (χ1n) is 7.15. The molecule has 0 spiro atoms. The lowest BCUT2D eigenvalue weighted by molar-refractivity contribution is -0.387. The molecule has 1 rings (SSSR count). The quantitative estimate of drug-likeness (QED) is 0.436. The molecule has 0 amide bonds. The first-order valence-corrected chi connectivity index (χ1v) is 7.15. The Hall–Kier alpha value is -2.64. The fraction of sp³-hybridized carbons (Fsp3) is 0.375. The Morgan fingerprint density at radius 2 is 1.71 bits per heavy atom. The van der Waals surface area contributed by atoms with Crippen LogP contribution in [0.25, 0.3) is 0 Å². The Bertz CT molecular complexity index is 665. The number of hydrogen-bond acceptors (Lipinski definition) is 5. The van der Waals surface area contributed by atoms with Crippen molar-refractivity contribution in [1.29, 1.82) is 0 Å². The minimum absolute atomic E-state index is 0.217. The Morgan fingerprint density at radius 3 is 2.17 bits per heavy atom. The summed E-state index contributed by atoms with van der Waals surface area (Å²) < 4.78 is 32.5. The highest BCUT2D eigenvalue weighted by Gasteiger charge is 2.33. The van der Waals surface area contributed by atoms with Gasteiger partial charge in [-0.2, -0.15) is 8.78 Å². The van der Waals surface area contributed by atoms with Gasteiger partial charge in [0.25, 0.3) is 0 Å². The summed E-state index contributed by atoms with van der Waals surface area (Å²) in [6.07, 6.45) is 5.18. The number of nitro benzene ring substituents is 1. The van der Waals surface area contributed by atoms with Crippen molar-refractivity contribution in [2.24, 2.45) is 0 Å². The van der Waals surface area contributed by atoms with Crippen LogP contribution in [0.4, 0.5) is 14.5 Å². The molecule has 24 heavy (non-hydrogen) atoms. The second kappa shape index (κ2) is 8.28. The molecular weight excluding hydrogens is 324 g/mol. The van der Waals surface area contributed by atoms with E-state index in [0.29, 0.717) is 0 Å². The molecule has 0 aliphatic rings. The molecule has 0 aliphatic heterocycles. The summed E-state index contributed by atoms with van der Waals surface area (Å²) in [6.45, 7) is 5.55. The second-order valence-electron chi connectivity index (χ2n) is 5.44. The summed E-state index contributed by atoms with van der Waals surface area (Å²) in [7, 11) is 0. The van der Waals surface area contributed by atoms with Crippen LogP contribution in [0.5, 0.6) is 17.2 Å². The van der Waals surface area contributed by atoms with Crippen LogP contribution in [0.2, 0.25) is 0 Å². The van der Waals surface area contributed by atoms with Crippen molar-refractivity contribution < 1.29 is 28.7 Å². The maximum atomic E-state index is 13.8. The van der Waals surface area contributed by atoms with E-state index in [1.165, 1.54) is 5.57 Å². The molecule has 0 bridgehead atoms. The highest BCUT2D eigenvalue weighted by Crippen LogP contribution is 2.45. The molecule has 1 aromatic carbocycles. The van der Waals surface area contributed by atoms with Crippen molar-refractivity contribution in [3.63, 3.8) is 0 Å². The standard InChI is InChI=1S/C16H19F2NO5/c1-9(2)5-4-6-10(3)7-8-24-16-11(17)14(20)13(19(22)23)15(21)12(16)18/h5,7,20-21H,4,6,8H2,1-3H3/b10-7+. The number of ether oxygens (including phenoxy) is 1. The molecule has 0 aliphatic carbocycles. The number of phenols is 2. The number of nitrogens with zero attached hydrogens (tertiary/aromatic N) is 1. The number of rotatable bonds is 7. The molecule has 0 saturated carbocycles. The van der Waals surface area contributed by atoms with Crippen LogP contribution in [0.1, 0.15) is 33.6 Å². The van der Waals surface area contributed by atoms with E-state index in [9.17, 15) is 29.1 Å². The van der Waals surface area contributed by atoms with Crippen molar-refractivity contribution in [2.45, 2.75) is 33.6 Å². The summed E-state index contributed by atoms with van der Waals surface area (Å²) >= 11 is 0. The van der Waals surface area contributed by atoms with Gasteiger partial charge in [-0.1, -0.05) is 17.2 Å². The summed E-state index contributed by atoms with van der Waals surface area (Å²) in [5.41, 5.74) is 0.662. The molecule has 0 atom stereocenters. The number of nitro groups is 1. The molecule has 8 heteroatoms. The van der Waals surface area contributed by atoms with Crippen LogP contribution in [0.3, 0.4) is 0 Å². The molecule has 0 aromatic heterocycles. The van der Waals surface area contributed by atoms with Gasteiger partial charge < -0.3 is 14.9 Å². The van der Waals surface area contributed by atoms with Gasteiger partial charge in [0.05, 0.1) is 4.92 Å². The van der Waals surface area contributed by atoms with E-state index < -0.39 is 39.5 Å². The third-order valence-corrected chi connectivity index (χ3v) is 3.20. The molecule has 0 radical (unpaired) electrons. The van der Waals surface area contributed by atoms with Crippen molar-refractivity contribution in [2.75, 3.05) is 6.61 Å². The highest BCUT2D eigenvalue weighted by atomic mass is 19.1. The second-order valence-corrected chi connectivity index (χ2v) is 5.44. The lowest BCUT2D eigenvalue weighted by Crippen LogP contribution is -2.03. The predicted octanol–water partition coefficient (Wildman–Crippen LogP) is 4.36. The van der Waals surface area contributed by atoms with Gasteiger partial charge in [0.2, 0.25) is 23.1 Å². The number of aromatic hydroxyl groups is 2. The molecule has 0 heterocycles. The van der Waals surface area contributed by atoms with Crippen LogP contribution in [0, 0.1) is 21.7 Å². The fourth-order valence-corrected chi connectivity index (χ4v) is 1.89. The molecular formula is C16H19F2NO5. The Balaban J connectivity index is 2.90. The van der Waals surface area contributed by atoms with E-state index in [1.807, 2.05) is 26.8 Å². The highest BCUT2D eigenvalue weighted by molar-refractivity contribution is 5.61. The van der Waals surface area contributed by atoms with Gasteiger partial charge in [-0.05, 0) is 39.7 Å². The zero-order valence-corrected chi connectivity index (χ0v) is 13.6. The third-order valence-electron chi connectivity index (χ3n) is 3.20. The predicted molar refractivity (Wildman–Crippen MR) is 84.3 cm³/mol. The molecule has 0 unspecified atom stereocenters. The van der Waals surface area contributed by atoms with Crippen molar-refractivity contribution in [3.8, 4) is 17.2 Å². The van der Waals surface area contributed by atoms with E-state index >= 15 is 0 Å². The molecule has 0 saturated heterocycles. The maximum absolute atomic E-state index is 13.8. The van der Waals surface area contributed by atoms with Gasteiger partial charge in [0, 0.05) is 0 Å². The van der Waals surface area contributed by atoms with Crippen LogP contribution in [0.15, 0.2) is 23.3 Å². The average molecular weight is 343 g/mol. The van der Waals surface area contributed by atoms with E-state index in [0.717, 1.165) is 18.4 Å². The van der Waals surface area contributed by atoms with Gasteiger partial charge in [-0.3, -0.25) is 10.1 Å². The number of phenolic OH excluding ortho intramolecular Hbond substituents is 2. The molecule has 2 N–H and O–H groups in total. The largest absolute Gasteiger partial charge is 0.500 e. The van der Waals surface area contributed by atoms with Crippen molar-refractivity contribution in [1.82, 2.24) is 0 Å². The first-order chi connectivity index (χ1) is 11.2. The van der Waals surface area contributed by atoms with E-state index in [1.54, 1.807) is 6.08 Å². The topological polar surface area (TPSA) is 92.8 Å². The van der Waals surface area contributed by atoms with E-state index in [-0.39, 0.29) is 6.61 Å². The summed E-state index contributed by atoms with van der Waals surface area (Å²) in [5.74, 6) is -7.28. The molecule has 6 nitrogen and oxygen atoms in total. The fourth-order valence-electron chi connectivity index (χ4n) is 1.89. The van der Waals surface area contributed by atoms with Crippen molar-refractivity contribution >= 4 is 5.69 Å². The van der Waals surface area contributed by atoms with Crippen molar-refractivity contribution in [3.05, 3.63) is 45.0 Å². The van der Waals surface area contributed by atoms with Crippen LogP contribution < -0.4 is 4.74 Å². The summed E-state index contributed by atoms with van der Waals surface area (Å²) in [6, 6.07) is 0. The number of allylic oxidation sites excluding steroid dienone is 3. The monoisotopic (exact) mass is 343 g/mol. The average Bonchev–Trinajstić information content (AvgIpc) is 2.48. The maximum Gasteiger partial charge on any atom is 0.358 e. The number of hydrogen-bond donors (Lipinski definition) is 2. The Labute approximate surface area is 137 Å². The SMILES string of the molecule is CC(C)=CCC/C(C)=C/COc1c(F)c(O)c([N+](=O)[O-])c(O)c1F. The summed E-state index contributed by atoms with van der Waals surface area (Å²) in [4.78, 5) is 9.32. The van der Waals surface area contributed by atoms with Gasteiger partial charge >= 0.3 is 5.69 Å². The van der Waals surface area contributed by atoms with Gasteiger partial charge in [-0.25, -0.2) is 0 Å². The minimum Gasteiger partial charge on any atom is -0.500 e. The van der Waals surface area contributed by atoms with Gasteiger partial charge in [-0.15, -0.1) is 0 Å². The minimum atomic E-state index is -1.63. The lowest BCUT2D eigenvalue weighted by atomic mass is 10.1. The third kappa shape index (κ3) is 4.68. The normalized spacial score (nSPS) is 11.3. The number of halogens is 2. The van der Waals surface area contributed by atoms with Gasteiger partial charge in [0.1, 0.15) is 6.61 Å². The van der Waals surface area contributed by atoms with E-state index in [2.05, 4.69) is 0 Å². The molecule has 1 aromatic rings. The smallest absolute Gasteiger partial charge is 0.358 e. The zero-order chi connectivity index (χ0) is 18.4. The number of benzene rings is 1. The first kappa shape index (κ1) is 19.4. The zero-order valence-electron chi connectivity index (χ0n) is 13.6. The van der Waals surface area contributed by atoms with Gasteiger partial charge in [0.15, 0.2) is 5.75 Å².